The molecule has 1 fully saturated rings. The summed E-state index contributed by atoms with van der Waals surface area (Å²) in [5.74, 6) is -3.05. The second kappa shape index (κ2) is 3.05. The Hall–Kier alpha value is -1.91. The fourth-order valence-electron chi connectivity index (χ4n) is 1.82. The largest absolute Gasteiger partial charge is 0.481 e. The van der Waals surface area contributed by atoms with Crippen molar-refractivity contribution in [2.75, 3.05) is 0 Å². The summed E-state index contributed by atoms with van der Waals surface area (Å²) in [5.41, 5.74) is -0.988. The van der Waals surface area contributed by atoms with E-state index in [1.807, 2.05) is 0 Å². The van der Waals surface area contributed by atoms with Crippen LogP contribution in [-0.4, -0.2) is 27.1 Å². The number of carbonyl (C=O) groups is 2. The van der Waals surface area contributed by atoms with Crippen LogP contribution in [0.2, 0.25) is 0 Å². The van der Waals surface area contributed by atoms with E-state index in [2.05, 4.69) is 4.98 Å². The summed E-state index contributed by atoms with van der Waals surface area (Å²) in [4.78, 5) is 25.8. The van der Waals surface area contributed by atoms with E-state index in [-0.39, 0.29) is 6.42 Å². The monoisotopic (exact) mass is 207 g/mol. The van der Waals surface area contributed by atoms with E-state index in [1.54, 1.807) is 18.2 Å². The van der Waals surface area contributed by atoms with Crippen molar-refractivity contribution in [2.45, 2.75) is 11.8 Å². The number of nitrogens with zero attached hydrogens (tertiary/aromatic N) is 1. The summed E-state index contributed by atoms with van der Waals surface area (Å²) in [6.07, 6.45) is 1.59. The lowest BCUT2D eigenvalue weighted by Gasteiger charge is -2.09. The first-order valence-corrected chi connectivity index (χ1v) is 4.47. The lowest BCUT2D eigenvalue weighted by molar-refractivity contribution is -0.146. The molecule has 0 radical (unpaired) electrons. The zero-order valence-corrected chi connectivity index (χ0v) is 7.75. The molecule has 1 saturated carbocycles. The predicted octanol–water partition coefficient (Wildman–Crippen LogP) is 0.509. The molecule has 2 N–H and O–H groups in total. The molecule has 15 heavy (non-hydrogen) atoms. The third-order valence-electron chi connectivity index (χ3n) is 2.76. The molecule has 5 heteroatoms. The van der Waals surface area contributed by atoms with Crippen molar-refractivity contribution in [3.05, 3.63) is 30.1 Å². The van der Waals surface area contributed by atoms with Crippen molar-refractivity contribution in [3.8, 4) is 0 Å². The van der Waals surface area contributed by atoms with Crippen LogP contribution < -0.4 is 0 Å². The van der Waals surface area contributed by atoms with Crippen LogP contribution >= 0.6 is 0 Å². The second-order valence-electron chi connectivity index (χ2n) is 3.59. The van der Waals surface area contributed by atoms with E-state index >= 15 is 0 Å². The van der Waals surface area contributed by atoms with Crippen LogP contribution in [0.4, 0.5) is 0 Å². The normalized spacial score (nSPS) is 28.4. The molecule has 0 amide bonds. The van der Waals surface area contributed by atoms with Gasteiger partial charge >= 0.3 is 11.9 Å². The summed E-state index contributed by atoms with van der Waals surface area (Å²) in [6, 6.07) is 4.87. The minimum Gasteiger partial charge on any atom is -0.481 e. The maximum Gasteiger partial charge on any atom is 0.316 e. The van der Waals surface area contributed by atoms with Crippen LogP contribution in [0.5, 0.6) is 0 Å². The molecule has 2 unspecified atom stereocenters. The quantitative estimate of drug-likeness (QED) is 0.753. The topological polar surface area (TPSA) is 87.5 Å². The van der Waals surface area contributed by atoms with Crippen LogP contribution in [0.3, 0.4) is 0 Å². The first-order valence-electron chi connectivity index (χ1n) is 4.47. The molecular weight excluding hydrogens is 198 g/mol. The minimum absolute atomic E-state index is 0.120. The summed E-state index contributed by atoms with van der Waals surface area (Å²) in [6.45, 7) is 0. The smallest absolute Gasteiger partial charge is 0.316 e. The molecule has 1 aromatic rings. The number of carboxylic acids is 2. The van der Waals surface area contributed by atoms with Gasteiger partial charge in [-0.2, -0.15) is 0 Å². The molecule has 1 aliphatic carbocycles. The molecule has 78 valence electrons. The van der Waals surface area contributed by atoms with Gasteiger partial charge in [0.2, 0.25) is 0 Å². The Bertz CT molecular complexity index is 417. The number of aromatic nitrogens is 1. The van der Waals surface area contributed by atoms with Crippen LogP contribution in [0.1, 0.15) is 12.1 Å². The van der Waals surface area contributed by atoms with E-state index in [0.717, 1.165) is 0 Å². The highest BCUT2D eigenvalue weighted by Crippen LogP contribution is 2.53. The number of carboxylic acid groups (broad SMARTS) is 2. The standard InChI is InChI=1S/C10H9NO4/c12-8(13)6-5-10(6,9(14)15)7-3-1-2-4-11-7/h1-4,6H,5H2,(H,12,13)(H,14,15). The van der Waals surface area contributed by atoms with Gasteiger partial charge in [-0.25, -0.2) is 0 Å². The zero-order chi connectivity index (χ0) is 11.1. The van der Waals surface area contributed by atoms with Gasteiger partial charge in [-0.3, -0.25) is 14.6 Å². The molecule has 1 aromatic heterocycles. The molecule has 0 spiro atoms. The van der Waals surface area contributed by atoms with E-state index in [9.17, 15) is 9.59 Å². The average Bonchev–Trinajstić information content (AvgIpc) is 2.95. The first kappa shape index (κ1) is 9.64. The van der Waals surface area contributed by atoms with Crippen LogP contribution in [0, 0.1) is 5.92 Å². The summed E-state index contributed by atoms with van der Waals surface area (Å²) < 4.78 is 0. The fourth-order valence-corrected chi connectivity index (χ4v) is 1.82. The van der Waals surface area contributed by atoms with E-state index < -0.39 is 23.3 Å². The van der Waals surface area contributed by atoms with Gasteiger partial charge in [0, 0.05) is 6.20 Å². The predicted molar refractivity (Wildman–Crippen MR) is 49.3 cm³/mol. The summed E-state index contributed by atoms with van der Waals surface area (Å²) in [5, 5.41) is 17.9. The first-order chi connectivity index (χ1) is 7.09. The van der Waals surface area contributed by atoms with Crippen molar-refractivity contribution in [1.82, 2.24) is 4.98 Å². The molecule has 0 aliphatic heterocycles. The van der Waals surface area contributed by atoms with Crippen molar-refractivity contribution in [1.29, 1.82) is 0 Å². The molecule has 5 nitrogen and oxygen atoms in total. The highest BCUT2D eigenvalue weighted by molar-refractivity contribution is 5.94. The molecular formula is C10H9NO4. The molecule has 0 bridgehead atoms. The number of aliphatic carboxylic acids is 2. The summed E-state index contributed by atoms with van der Waals surface area (Å²) >= 11 is 0. The Kier molecular flexibility index (Phi) is 1.96. The molecule has 1 aliphatic rings. The Morgan fingerprint density at radius 3 is 2.53 bits per heavy atom. The Labute approximate surface area is 85.4 Å². The van der Waals surface area contributed by atoms with E-state index in [4.69, 9.17) is 10.2 Å². The highest BCUT2D eigenvalue weighted by Gasteiger charge is 2.66. The van der Waals surface area contributed by atoms with E-state index in [0.29, 0.717) is 5.69 Å². The maximum absolute atomic E-state index is 11.1. The minimum atomic E-state index is -1.31. The molecule has 1 heterocycles. The number of hydrogen-bond acceptors (Lipinski definition) is 3. The average molecular weight is 207 g/mol. The third-order valence-corrected chi connectivity index (χ3v) is 2.76. The van der Waals surface area contributed by atoms with Crippen LogP contribution in [-0.2, 0) is 15.0 Å². The van der Waals surface area contributed by atoms with E-state index in [1.165, 1.54) is 6.20 Å². The fraction of sp³-hybridized carbons (Fsp3) is 0.300. The molecule has 0 saturated heterocycles. The van der Waals surface area contributed by atoms with Gasteiger partial charge in [-0.1, -0.05) is 6.07 Å². The lowest BCUT2D eigenvalue weighted by Crippen LogP contribution is -2.26. The van der Waals surface area contributed by atoms with Crippen LogP contribution in [0.15, 0.2) is 24.4 Å². The SMILES string of the molecule is O=C(O)C1CC1(C(=O)O)c1ccccn1. The molecule has 0 aromatic carbocycles. The molecule has 2 atom stereocenters. The van der Waals surface area contributed by atoms with Crippen molar-refractivity contribution in [3.63, 3.8) is 0 Å². The Morgan fingerprint density at radius 1 is 1.40 bits per heavy atom. The van der Waals surface area contributed by atoms with Gasteiger partial charge in [0.1, 0.15) is 5.41 Å². The number of hydrogen-bond donors (Lipinski definition) is 2. The number of pyridine rings is 1. The van der Waals surface area contributed by atoms with Crippen LogP contribution in [0.25, 0.3) is 0 Å². The van der Waals surface area contributed by atoms with Crippen molar-refractivity contribution >= 4 is 11.9 Å². The van der Waals surface area contributed by atoms with Gasteiger partial charge in [0.25, 0.3) is 0 Å². The highest BCUT2D eigenvalue weighted by atomic mass is 16.4. The lowest BCUT2D eigenvalue weighted by atomic mass is 9.98. The maximum atomic E-state index is 11.1. The molecule has 2 rings (SSSR count). The van der Waals surface area contributed by atoms with Crippen molar-refractivity contribution < 1.29 is 19.8 Å². The van der Waals surface area contributed by atoms with Gasteiger partial charge in [0.15, 0.2) is 0 Å². The van der Waals surface area contributed by atoms with Gasteiger partial charge in [0.05, 0.1) is 11.6 Å². The Morgan fingerprint density at radius 2 is 2.13 bits per heavy atom. The zero-order valence-electron chi connectivity index (χ0n) is 7.75. The second-order valence-corrected chi connectivity index (χ2v) is 3.59. The Balaban J connectivity index is 2.40. The van der Waals surface area contributed by atoms with Gasteiger partial charge in [-0.15, -0.1) is 0 Å². The van der Waals surface area contributed by atoms with Crippen molar-refractivity contribution in [2.24, 2.45) is 5.92 Å². The summed E-state index contributed by atoms with van der Waals surface area (Å²) in [7, 11) is 0. The van der Waals surface area contributed by atoms with Gasteiger partial charge < -0.3 is 10.2 Å². The number of rotatable bonds is 3. The van der Waals surface area contributed by atoms with Gasteiger partial charge in [-0.05, 0) is 18.6 Å². The third kappa shape index (κ3) is 1.27.